The molecule has 0 saturated heterocycles. The lowest BCUT2D eigenvalue weighted by atomic mass is 9.95. The maximum atomic E-state index is 13.6. The van der Waals surface area contributed by atoms with Crippen LogP contribution in [0, 0.1) is 21.7 Å². The third-order valence-corrected chi connectivity index (χ3v) is 3.18. The zero-order chi connectivity index (χ0) is 13.1. The molecule has 0 heterocycles. The summed E-state index contributed by atoms with van der Waals surface area (Å²) in [7, 11) is 0. The highest BCUT2D eigenvalue weighted by Crippen LogP contribution is 2.31. The lowest BCUT2D eigenvalue weighted by Crippen LogP contribution is -2.23. The number of anilines is 1. The number of hydrogen-bond donors (Lipinski definition) is 1. The summed E-state index contributed by atoms with van der Waals surface area (Å²) in [4.78, 5) is 10.0. The molecule has 0 amide bonds. The number of rotatable bonds is 3. The van der Waals surface area contributed by atoms with E-state index in [2.05, 4.69) is 5.32 Å². The summed E-state index contributed by atoms with van der Waals surface area (Å²) < 4.78 is 26.6. The maximum Gasteiger partial charge on any atom is 0.298 e. The van der Waals surface area contributed by atoms with Gasteiger partial charge in [0.25, 0.3) is 5.69 Å². The fourth-order valence-corrected chi connectivity index (χ4v) is 2.30. The predicted molar refractivity (Wildman–Crippen MR) is 63.5 cm³/mol. The quantitative estimate of drug-likeness (QED) is 0.663. The number of nitro benzene ring substituents is 1. The number of nitrogens with zero attached hydrogens (tertiary/aromatic N) is 1. The van der Waals surface area contributed by atoms with Crippen molar-refractivity contribution < 1.29 is 13.7 Å². The summed E-state index contributed by atoms with van der Waals surface area (Å²) >= 11 is 0. The molecule has 2 rings (SSSR count). The van der Waals surface area contributed by atoms with Crippen LogP contribution in [-0.4, -0.2) is 11.0 Å². The zero-order valence-corrected chi connectivity index (χ0v) is 9.79. The highest BCUT2D eigenvalue weighted by Gasteiger charge is 2.23. The van der Waals surface area contributed by atoms with E-state index in [1.807, 2.05) is 0 Å². The third-order valence-electron chi connectivity index (χ3n) is 3.18. The number of nitro groups is 1. The SMILES string of the molecule is O=[N+]([O-])c1cc(F)cc(F)c1NC1CCCCC1. The maximum absolute atomic E-state index is 13.6. The first-order valence-electron chi connectivity index (χ1n) is 5.98. The Hall–Kier alpha value is -1.72. The third kappa shape index (κ3) is 2.75. The second kappa shape index (κ2) is 5.29. The van der Waals surface area contributed by atoms with Gasteiger partial charge in [0.05, 0.1) is 11.0 Å². The van der Waals surface area contributed by atoms with Crippen LogP contribution in [0.1, 0.15) is 32.1 Å². The van der Waals surface area contributed by atoms with Crippen LogP contribution in [0.2, 0.25) is 0 Å². The van der Waals surface area contributed by atoms with Crippen LogP contribution in [0.3, 0.4) is 0 Å². The van der Waals surface area contributed by atoms with Crippen molar-refractivity contribution in [3.05, 3.63) is 33.9 Å². The average molecular weight is 256 g/mol. The smallest absolute Gasteiger partial charge is 0.298 e. The summed E-state index contributed by atoms with van der Waals surface area (Å²) in [5, 5.41) is 13.6. The molecule has 1 N–H and O–H groups in total. The molecule has 1 aliphatic carbocycles. The van der Waals surface area contributed by atoms with Crippen molar-refractivity contribution in [2.45, 2.75) is 38.1 Å². The lowest BCUT2D eigenvalue weighted by Gasteiger charge is -2.23. The standard InChI is InChI=1S/C12H14F2N2O2/c13-8-6-10(14)12(11(7-8)16(17)18)15-9-4-2-1-3-5-9/h6-7,9,15H,1-5H2. The molecule has 1 aromatic rings. The van der Waals surface area contributed by atoms with E-state index in [1.165, 1.54) is 0 Å². The van der Waals surface area contributed by atoms with Crippen molar-refractivity contribution in [3.8, 4) is 0 Å². The normalized spacial score (nSPS) is 16.6. The Kier molecular flexibility index (Phi) is 3.74. The topological polar surface area (TPSA) is 55.2 Å². The van der Waals surface area contributed by atoms with Crippen LogP contribution in [0.25, 0.3) is 0 Å². The van der Waals surface area contributed by atoms with Crippen LogP contribution in [0.4, 0.5) is 20.2 Å². The number of hydrogen-bond acceptors (Lipinski definition) is 3. The highest BCUT2D eigenvalue weighted by atomic mass is 19.1. The number of halogens is 2. The molecule has 0 atom stereocenters. The monoisotopic (exact) mass is 256 g/mol. The van der Waals surface area contributed by atoms with Crippen LogP contribution >= 0.6 is 0 Å². The van der Waals surface area contributed by atoms with Crippen LogP contribution in [0.15, 0.2) is 12.1 Å². The molecule has 6 heteroatoms. The molecule has 0 radical (unpaired) electrons. The molecule has 1 fully saturated rings. The van der Waals surface area contributed by atoms with E-state index in [-0.39, 0.29) is 11.7 Å². The largest absolute Gasteiger partial charge is 0.374 e. The predicted octanol–water partition coefficient (Wildman–Crippen LogP) is 3.62. The molecular formula is C12H14F2N2O2. The van der Waals surface area contributed by atoms with Crippen molar-refractivity contribution in [2.75, 3.05) is 5.32 Å². The first-order valence-corrected chi connectivity index (χ1v) is 5.98. The van der Waals surface area contributed by atoms with Gasteiger partial charge in [-0.2, -0.15) is 0 Å². The van der Waals surface area contributed by atoms with Gasteiger partial charge in [-0.25, -0.2) is 8.78 Å². The Morgan fingerprint density at radius 1 is 1.22 bits per heavy atom. The van der Waals surface area contributed by atoms with Crippen molar-refractivity contribution in [3.63, 3.8) is 0 Å². The van der Waals surface area contributed by atoms with E-state index < -0.39 is 22.2 Å². The minimum Gasteiger partial charge on any atom is -0.374 e. The Morgan fingerprint density at radius 3 is 2.50 bits per heavy atom. The van der Waals surface area contributed by atoms with Crippen LogP contribution in [0.5, 0.6) is 0 Å². The summed E-state index contributed by atoms with van der Waals surface area (Å²) in [6.07, 6.45) is 4.89. The molecule has 0 aromatic heterocycles. The molecule has 18 heavy (non-hydrogen) atoms. The molecule has 4 nitrogen and oxygen atoms in total. The van der Waals surface area contributed by atoms with Crippen molar-refractivity contribution in [2.24, 2.45) is 0 Å². The molecule has 1 saturated carbocycles. The van der Waals surface area contributed by atoms with Gasteiger partial charge in [-0.15, -0.1) is 0 Å². The van der Waals surface area contributed by atoms with E-state index in [9.17, 15) is 18.9 Å². The first kappa shape index (κ1) is 12.7. The summed E-state index contributed by atoms with van der Waals surface area (Å²) in [5.41, 5.74) is -0.744. The fourth-order valence-electron chi connectivity index (χ4n) is 2.30. The molecule has 0 unspecified atom stereocenters. The molecular weight excluding hydrogens is 242 g/mol. The summed E-state index contributed by atoms with van der Waals surface area (Å²) in [6, 6.07) is 1.43. The van der Waals surface area contributed by atoms with E-state index in [1.54, 1.807) is 0 Å². The molecule has 98 valence electrons. The van der Waals surface area contributed by atoms with Gasteiger partial charge in [-0.1, -0.05) is 19.3 Å². The minimum absolute atomic E-state index is 0.0254. The average Bonchev–Trinajstić information content (AvgIpc) is 2.33. The van der Waals surface area contributed by atoms with Crippen LogP contribution < -0.4 is 5.32 Å². The number of benzene rings is 1. The Labute approximate surface area is 103 Å². The van der Waals surface area contributed by atoms with Gasteiger partial charge in [0, 0.05) is 12.1 Å². The van der Waals surface area contributed by atoms with Crippen molar-refractivity contribution in [1.29, 1.82) is 0 Å². The van der Waals surface area contributed by atoms with Gasteiger partial charge in [-0.3, -0.25) is 10.1 Å². The number of nitrogens with one attached hydrogen (secondary N) is 1. The van der Waals surface area contributed by atoms with Crippen LogP contribution in [-0.2, 0) is 0 Å². The molecule has 0 spiro atoms. The van der Waals surface area contributed by atoms with Gasteiger partial charge in [0.1, 0.15) is 11.5 Å². The first-order chi connectivity index (χ1) is 8.58. The zero-order valence-electron chi connectivity index (χ0n) is 9.79. The Morgan fingerprint density at radius 2 is 1.89 bits per heavy atom. The van der Waals surface area contributed by atoms with E-state index >= 15 is 0 Å². The molecule has 1 aliphatic rings. The lowest BCUT2D eigenvalue weighted by molar-refractivity contribution is -0.384. The van der Waals surface area contributed by atoms with Gasteiger partial charge < -0.3 is 5.32 Å². The second-order valence-electron chi connectivity index (χ2n) is 4.52. The fraction of sp³-hybridized carbons (Fsp3) is 0.500. The second-order valence-corrected chi connectivity index (χ2v) is 4.52. The summed E-state index contributed by atoms with van der Waals surface area (Å²) in [5.74, 6) is -1.85. The van der Waals surface area contributed by atoms with E-state index in [0.717, 1.165) is 38.2 Å². The van der Waals surface area contributed by atoms with Gasteiger partial charge in [0.2, 0.25) is 0 Å². The molecule has 1 aromatic carbocycles. The Bertz CT molecular complexity index is 460. The van der Waals surface area contributed by atoms with Gasteiger partial charge in [-0.05, 0) is 12.8 Å². The molecule has 0 bridgehead atoms. The minimum atomic E-state index is -0.937. The van der Waals surface area contributed by atoms with E-state index in [0.29, 0.717) is 6.07 Å². The Balaban J connectivity index is 2.27. The van der Waals surface area contributed by atoms with Gasteiger partial charge >= 0.3 is 0 Å². The highest BCUT2D eigenvalue weighted by molar-refractivity contribution is 5.63. The van der Waals surface area contributed by atoms with Gasteiger partial charge in [0.15, 0.2) is 5.82 Å². The summed E-state index contributed by atoms with van der Waals surface area (Å²) in [6.45, 7) is 0. The molecule has 0 aliphatic heterocycles. The van der Waals surface area contributed by atoms with Crippen molar-refractivity contribution >= 4 is 11.4 Å². The van der Waals surface area contributed by atoms with E-state index in [4.69, 9.17) is 0 Å². The van der Waals surface area contributed by atoms with Crippen molar-refractivity contribution in [1.82, 2.24) is 0 Å².